The van der Waals surface area contributed by atoms with Crippen molar-refractivity contribution in [3.8, 4) is 0 Å². The van der Waals surface area contributed by atoms with Crippen LogP contribution in [0, 0.1) is 0 Å². The summed E-state index contributed by atoms with van der Waals surface area (Å²) in [5, 5.41) is 1.64. The second-order valence-corrected chi connectivity index (χ2v) is 9.17. The van der Waals surface area contributed by atoms with Gasteiger partial charge >= 0.3 is 0 Å². The average molecular weight is 422 g/mol. The summed E-state index contributed by atoms with van der Waals surface area (Å²) in [5.74, 6) is 0.642. The summed E-state index contributed by atoms with van der Waals surface area (Å²) in [6, 6.07) is 28.7. The van der Waals surface area contributed by atoms with Gasteiger partial charge in [0, 0.05) is 22.1 Å². The molecule has 0 aliphatic carbocycles. The molecule has 0 amide bonds. The molecule has 2 atom stereocenters. The van der Waals surface area contributed by atoms with E-state index in [1.807, 2.05) is 24.3 Å². The van der Waals surface area contributed by atoms with E-state index in [1.165, 1.54) is 31.2 Å². The van der Waals surface area contributed by atoms with E-state index in [0.717, 1.165) is 21.2 Å². The highest BCUT2D eigenvalue weighted by atomic mass is 35.5. The molecule has 2 heterocycles. The Morgan fingerprint density at radius 1 is 0.655 bits per heavy atom. The van der Waals surface area contributed by atoms with Gasteiger partial charge in [-0.3, -0.25) is 4.90 Å². The minimum absolute atomic E-state index is 0.103. The first-order valence-electron chi connectivity index (χ1n) is 10.5. The molecule has 3 aromatic rings. The van der Waals surface area contributed by atoms with Crippen molar-refractivity contribution in [3.05, 3.63) is 106 Å². The molecule has 2 unspecified atom stereocenters. The van der Waals surface area contributed by atoms with Crippen molar-refractivity contribution < 1.29 is 0 Å². The molecule has 3 heteroatoms. The lowest BCUT2D eigenvalue weighted by Gasteiger charge is -2.44. The predicted molar refractivity (Wildman–Crippen MR) is 122 cm³/mol. The SMILES string of the molecule is Clc1ccccc1C(c1ccccc1Cl)N1C2CCC1CC(c1ccccc1)C2. The second-order valence-electron chi connectivity index (χ2n) is 8.36. The van der Waals surface area contributed by atoms with Crippen LogP contribution in [-0.4, -0.2) is 17.0 Å². The molecule has 0 aromatic heterocycles. The van der Waals surface area contributed by atoms with Crippen LogP contribution in [0.5, 0.6) is 0 Å². The Morgan fingerprint density at radius 2 is 1.14 bits per heavy atom. The van der Waals surface area contributed by atoms with E-state index in [-0.39, 0.29) is 6.04 Å². The molecule has 0 spiro atoms. The Bertz CT molecular complexity index is 927. The van der Waals surface area contributed by atoms with Crippen molar-refractivity contribution in [1.82, 2.24) is 4.90 Å². The van der Waals surface area contributed by atoms with Crippen LogP contribution in [0.2, 0.25) is 10.0 Å². The van der Waals surface area contributed by atoms with Crippen LogP contribution >= 0.6 is 23.2 Å². The Morgan fingerprint density at radius 3 is 1.66 bits per heavy atom. The van der Waals surface area contributed by atoms with E-state index in [1.54, 1.807) is 0 Å². The molecule has 2 bridgehead atoms. The fourth-order valence-corrected chi connectivity index (χ4v) is 5.99. The third-order valence-corrected chi connectivity index (χ3v) is 7.45. The van der Waals surface area contributed by atoms with Gasteiger partial charge in [0.1, 0.15) is 0 Å². The minimum atomic E-state index is 0.103. The van der Waals surface area contributed by atoms with Crippen molar-refractivity contribution in [2.75, 3.05) is 0 Å². The van der Waals surface area contributed by atoms with E-state index >= 15 is 0 Å². The number of hydrogen-bond acceptors (Lipinski definition) is 1. The molecule has 29 heavy (non-hydrogen) atoms. The number of halogens is 2. The van der Waals surface area contributed by atoms with Crippen LogP contribution in [-0.2, 0) is 0 Å². The number of nitrogens with zero attached hydrogens (tertiary/aromatic N) is 1. The highest BCUT2D eigenvalue weighted by Crippen LogP contribution is 2.50. The van der Waals surface area contributed by atoms with Gasteiger partial charge in [-0.25, -0.2) is 0 Å². The number of benzene rings is 3. The van der Waals surface area contributed by atoms with Gasteiger partial charge in [0.2, 0.25) is 0 Å². The van der Waals surface area contributed by atoms with Crippen LogP contribution in [0.1, 0.15) is 54.3 Å². The molecule has 148 valence electrons. The van der Waals surface area contributed by atoms with Gasteiger partial charge in [-0.2, -0.15) is 0 Å². The highest BCUT2D eigenvalue weighted by molar-refractivity contribution is 6.32. The molecule has 0 radical (unpaired) electrons. The molecular formula is C26H25Cl2N. The molecule has 2 aliphatic rings. The largest absolute Gasteiger partial charge is 0.286 e. The molecule has 3 aromatic carbocycles. The molecule has 5 rings (SSSR count). The lowest BCUT2D eigenvalue weighted by atomic mass is 9.83. The van der Waals surface area contributed by atoms with Crippen molar-refractivity contribution in [1.29, 1.82) is 0 Å². The van der Waals surface area contributed by atoms with E-state index in [0.29, 0.717) is 18.0 Å². The molecular weight excluding hydrogens is 397 g/mol. The number of rotatable bonds is 4. The van der Waals surface area contributed by atoms with E-state index in [4.69, 9.17) is 23.2 Å². The number of fused-ring (bicyclic) bond motifs is 2. The van der Waals surface area contributed by atoms with E-state index < -0.39 is 0 Å². The van der Waals surface area contributed by atoms with E-state index in [2.05, 4.69) is 59.5 Å². The molecule has 2 aliphatic heterocycles. The first-order chi connectivity index (χ1) is 14.2. The van der Waals surface area contributed by atoms with Gasteiger partial charge < -0.3 is 0 Å². The van der Waals surface area contributed by atoms with Gasteiger partial charge in [-0.15, -0.1) is 0 Å². The number of piperidine rings is 1. The molecule has 0 saturated carbocycles. The zero-order chi connectivity index (χ0) is 19.8. The van der Waals surface area contributed by atoms with Gasteiger partial charge in [0.15, 0.2) is 0 Å². The van der Waals surface area contributed by atoms with Crippen LogP contribution in [0.3, 0.4) is 0 Å². The predicted octanol–water partition coefficient (Wildman–Crippen LogP) is 7.49. The second kappa shape index (κ2) is 8.14. The van der Waals surface area contributed by atoms with Crippen molar-refractivity contribution >= 4 is 23.2 Å². The summed E-state index contributed by atoms with van der Waals surface area (Å²) in [5.41, 5.74) is 3.81. The average Bonchev–Trinajstić information content (AvgIpc) is 3.00. The number of hydrogen-bond donors (Lipinski definition) is 0. The van der Waals surface area contributed by atoms with Crippen LogP contribution < -0.4 is 0 Å². The highest BCUT2D eigenvalue weighted by Gasteiger charge is 2.45. The van der Waals surface area contributed by atoms with Gasteiger partial charge in [-0.1, -0.05) is 89.9 Å². The van der Waals surface area contributed by atoms with Crippen LogP contribution in [0.4, 0.5) is 0 Å². The first-order valence-corrected chi connectivity index (χ1v) is 11.3. The van der Waals surface area contributed by atoms with Crippen molar-refractivity contribution in [2.45, 2.75) is 49.7 Å². The Kier molecular flexibility index (Phi) is 5.39. The monoisotopic (exact) mass is 421 g/mol. The third-order valence-electron chi connectivity index (χ3n) is 6.76. The van der Waals surface area contributed by atoms with Crippen LogP contribution in [0.25, 0.3) is 0 Å². The lowest BCUT2D eigenvalue weighted by molar-refractivity contribution is 0.0935. The maximum Gasteiger partial charge on any atom is 0.0636 e. The Hall–Kier alpha value is -1.80. The maximum absolute atomic E-state index is 6.71. The zero-order valence-corrected chi connectivity index (χ0v) is 17.9. The van der Waals surface area contributed by atoms with E-state index in [9.17, 15) is 0 Å². The zero-order valence-electron chi connectivity index (χ0n) is 16.3. The Labute approximate surface area is 183 Å². The smallest absolute Gasteiger partial charge is 0.0636 e. The summed E-state index contributed by atoms with van der Waals surface area (Å²) in [6.45, 7) is 0. The summed E-state index contributed by atoms with van der Waals surface area (Å²) in [7, 11) is 0. The standard InChI is InChI=1S/C26H25Cl2N/c27-24-12-6-4-10-22(24)26(23-11-5-7-13-25(23)28)29-20-14-15-21(29)17-19(16-20)18-8-2-1-3-9-18/h1-13,19-21,26H,14-17H2. The third kappa shape index (κ3) is 3.61. The topological polar surface area (TPSA) is 3.24 Å². The Balaban J connectivity index is 1.54. The summed E-state index contributed by atoms with van der Waals surface area (Å²) < 4.78 is 0. The van der Waals surface area contributed by atoms with Gasteiger partial charge in [0.25, 0.3) is 0 Å². The van der Waals surface area contributed by atoms with Gasteiger partial charge in [0.05, 0.1) is 6.04 Å². The normalized spacial score (nSPS) is 24.2. The fourth-order valence-electron chi connectivity index (χ4n) is 5.51. The quantitative estimate of drug-likeness (QED) is 0.421. The van der Waals surface area contributed by atoms with Crippen molar-refractivity contribution in [2.24, 2.45) is 0 Å². The maximum atomic E-state index is 6.71. The molecule has 2 fully saturated rings. The minimum Gasteiger partial charge on any atom is -0.286 e. The molecule has 1 nitrogen and oxygen atoms in total. The first kappa shape index (κ1) is 19.2. The molecule has 2 saturated heterocycles. The molecule has 0 N–H and O–H groups in total. The fraction of sp³-hybridized carbons (Fsp3) is 0.308. The van der Waals surface area contributed by atoms with Crippen LogP contribution in [0.15, 0.2) is 78.9 Å². The van der Waals surface area contributed by atoms with Crippen molar-refractivity contribution in [3.63, 3.8) is 0 Å². The summed E-state index contributed by atoms with van der Waals surface area (Å²) >= 11 is 13.4. The lowest BCUT2D eigenvalue weighted by Crippen LogP contribution is -2.45. The van der Waals surface area contributed by atoms with Gasteiger partial charge in [-0.05, 0) is 60.4 Å². The summed E-state index contributed by atoms with van der Waals surface area (Å²) in [6.07, 6.45) is 4.90. The summed E-state index contributed by atoms with van der Waals surface area (Å²) in [4.78, 5) is 2.72.